The van der Waals surface area contributed by atoms with Crippen LogP contribution in [0.2, 0.25) is 0 Å². The third-order valence-corrected chi connectivity index (χ3v) is 6.83. The predicted octanol–water partition coefficient (Wildman–Crippen LogP) is 3.75. The summed E-state index contributed by atoms with van der Waals surface area (Å²) in [6.45, 7) is 7.48. The summed E-state index contributed by atoms with van der Waals surface area (Å²) < 4.78 is 11.4. The molecule has 1 fully saturated rings. The number of fused-ring (bicyclic) bond motifs is 2. The van der Waals surface area contributed by atoms with E-state index in [2.05, 4.69) is 16.3 Å². The van der Waals surface area contributed by atoms with E-state index in [-0.39, 0.29) is 23.9 Å². The lowest BCUT2D eigenvalue weighted by Gasteiger charge is -2.44. The van der Waals surface area contributed by atoms with Crippen LogP contribution in [0.5, 0.6) is 11.5 Å². The number of nitrogens with one attached hydrogen (secondary N) is 1. The molecule has 2 aromatic rings. The third-order valence-electron chi connectivity index (χ3n) is 6.83. The molecule has 3 aliphatic rings. The van der Waals surface area contributed by atoms with Gasteiger partial charge in [-0.25, -0.2) is 0 Å². The van der Waals surface area contributed by atoms with E-state index in [0.717, 1.165) is 42.1 Å². The van der Waals surface area contributed by atoms with Gasteiger partial charge in [-0.2, -0.15) is 0 Å². The number of nitrogens with zero attached hydrogens (tertiary/aromatic N) is 2. The molecule has 5 rings (SSSR count). The van der Waals surface area contributed by atoms with Crippen LogP contribution < -0.4 is 19.7 Å². The minimum atomic E-state index is -0.980. The van der Waals surface area contributed by atoms with Gasteiger partial charge in [-0.15, -0.1) is 0 Å². The van der Waals surface area contributed by atoms with Crippen LogP contribution in [-0.4, -0.2) is 48.1 Å². The van der Waals surface area contributed by atoms with E-state index in [1.54, 1.807) is 18.7 Å². The zero-order chi connectivity index (χ0) is 22.5. The molecule has 0 saturated carbocycles. The normalized spacial score (nSPS) is 22.8. The zero-order valence-electron chi connectivity index (χ0n) is 18.8. The van der Waals surface area contributed by atoms with Crippen LogP contribution >= 0.6 is 0 Å². The van der Waals surface area contributed by atoms with Crippen molar-refractivity contribution in [1.82, 2.24) is 4.90 Å². The van der Waals surface area contributed by atoms with Gasteiger partial charge in [0.25, 0.3) is 0 Å². The van der Waals surface area contributed by atoms with E-state index in [9.17, 15) is 9.59 Å². The second kappa shape index (κ2) is 7.81. The molecule has 0 aliphatic carbocycles. The first kappa shape index (κ1) is 20.8. The highest BCUT2D eigenvalue weighted by Crippen LogP contribution is 2.41. The molecule has 7 heteroatoms. The van der Waals surface area contributed by atoms with Gasteiger partial charge in [-0.05, 0) is 70.0 Å². The number of carbonyl (C=O) groups excluding carboxylic acids is 2. The van der Waals surface area contributed by atoms with Crippen LogP contribution in [0.3, 0.4) is 0 Å². The number of hydrogen-bond donors (Lipinski definition) is 1. The Morgan fingerprint density at radius 1 is 1.12 bits per heavy atom. The molecule has 2 aromatic carbocycles. The number of likely N-dealkylation sites (tertiary alicyclic amines) is 1. The summed E-state index contributed by atoms with van der Waals surface area (Å²) in [6, 6.07) is 13.3. The highest BCUT2D eigenvalue weighted by Gasteiger charge is 2.46. The fraction of sp³-hybridized carbons (Fsp3) is 0.440. The van der Waals surface area contributed by atoms with E-state index in [0.29, 0.717) is 18.9 Å². The summed E-state index contributed by atoms with van der Waals surface area (Å²) in [5.74, 6) is 1.29. The van der Waals surface area contributed by atoms with Crippen molar-refractivity contribution in [3.63, 3.8) is 0 Å². The Balaban J connectivity index is 1.45. The van der Waals surface area contributed by atoms with Crippen LogP contribution in [0.15, 0.2) is 42.5 Å². The van der Waals surface area contributed by atoms with E-state index >= 15 is 0 Å². The number of ether oxygens (including phenoxy) is 2. The van der Waals surface area contributed by atoms with Gasteiger partial charge in [0.05, 0.1) is 17.4 Å². The van der Waals surface area contributed by atoms with Crippen LogP contribution in [-0.2, 0) is 9.59 Å². The lowest BCUT2D eigenvalue weighted by atomic mass is 9.94. The number of para-hydroxylation sites is 2. The molecular weight excluding hydrogens is 406 g/mol. The molecule has 0 spiro atoms. The first-order valence-corrected chi connectivity index (χ1v) is 11.3. The van der Waals surface area contributed by atoms with Crippen molar-refractivity contribution in [2.45, 2.75) is 51.2 Å². The molecule has 0 radical (unpaired) electrons. The number of hydrogen-bond acceptors (Lipinski definition) is 5. The van der Waals surface area contributed by atoms with Gasteiger partial charge < -0.3 is 14.8 Å². The van der Waals surface area contributed by atoms with Crippen molar-refractivity contribution < 1.29 is 19.1 Å². The number of amides is 2. The summed E-state index contributed by atoms with van der Waals surface area (Å²) in [7, 11) is 0. The predicted molar refractivity (Wildman–Crippen MR) is 122 cm³/mol. The minimum absolute atomic E-state index is 0.0678. The molecule has 168 valence electrons. The molecule has 0 bridgehead atoms. The molecule has 7 nitrogen and oxygen atoms in total. The van der Waals surface area contributed by atoms with Gasteiger partial charge in [-0.3, -0.25) is 19.4 Å². The number of benzene rings is 2. The highest BCUT2D eigenvalue weighted by atomic mass is 16.6. The van der Waals surface area contributed by atoms with E-state index in [4.69, 9.17) is 9.47 Å². The summed E-state index contributed by atoms with van der Waals surface area (Å²) in [5.41, 5.74) is 1.56. The number of anilines is 2. The van der Waals surface area contributed by atoms with E-state index < -0.39 is 5.54 Å². The van der Waals surface area contributed by atoms with Gasteiger partial charge in [0.15, 0.2) is 11.5 Å². The SMILES string of the molecule is C[C@@H](C(=O)N1c2ccccc2NC(=O)C1(C)C)N1CCC[C@@H]1c1ccc2c(c1)OCCO2. The molecular formula is C25H29N3O4. The molecule has 0 aromatic heterocycles. The molecule has 3 heterocycles. The Morgan fingerprint density at radius 2 is 1.88 bits per heavy atom. The summed E-state index contributed by atoms with van der Waals surface area (Å²) in [4.78, 5) is 30.6. The molecule has 3 aliphatic heterocycles. The summed E-state index contributed by atoms with van der Waals surface area (Å²) >= 11 is 0. The fourth-order valence-electron chi connectivity index (χ4n) is 5.05. The highest BCUT2D eigenvalue weighted by molar-refractivity contribution is 6.15. The lowest BCUT2D eigenvalue weighted by Crippen LogP contribution is -2.62. The lowest BCUT2D eigenvalue weighted by molar-refractivity contribution is -0.129. The van der Waals surface area contributed by atoms with Crippen LogP contribution in [0.25, 0.3) is 0 Å². The Hall–Kier alpha value is -3.06. The molecule has 32 heavy (non-hydrogen) atoms. The van der Waals surface area contributed by atoms with Crippen molar-refractivity contribution >= 4 is 23.2 Å². The van der Waals surface area contributed by atoms with Crippen LogP contribution in [0, 0.1) is 0 Å². The van der Waals surface area contributed by atoms with Crippen molar-refractivity contribution in [3.8, 4) is 11.5 Å². The quantitative estimate of drug-likeness (QED) is 0.795. The van der Waals surface area contributed by atoms with Gasteiger partial charge >= 0.3 is 0 Å². The van der Waals surface area contributed by atoms with Crippen molar-refractivity contribution in [3.05, 3.63) is 48.0 Å². The second-order valence-electron chi connectivity index (χ2n) is 9.18. The summed E-state index contributed by atoms with van der Waals surface area (Å²) in [5, 5.41) is 2.93. The topological polar surface area (TPSA) is 71.1 Å². The molecule has 0 unspecified atom stereocenters. The standard InChI is InChI=1S/C25H29N3O4/c1-16(23(29)28-20-8-5-4-7-18(20)26-24(30)25(28,2)3)27-12-6-9-19(27)17-10-11-21-22(15-17)32-14-13-31-21/h4-5,7-8,10-11,15-16,19H,6,9,12-14H2,1-3H3,(H,26,30)/t16-,19+/m0/s1. The number of rotatable bonds is 3. The first-order chi connectivity index (χ1) is 15.4. The van der Waals surface area contributed by atoms with Gasteiger partial charge in [-0.1, -0.05) is 18.2 Å². The molecule has 2 amide bonds. The van der Waals surface area contributed by atoms with Gasteiger partial charge in [0.2, 0.25) is 11.8 Å². The molecule has 1 saturated heterocycles. The van der Waals surface area contributed by atoms with Crippen molar-refractivity contribution in [2.75, 3.05) is 30.0 Å². The maximum absolute atomic E-state index is 13.9. The smallest absolute Gasteiger partial charge is 0.250 e. The van der Waals surface area contributed by atoms with Crippen molar-refractivity contribution in [2.24, 2.45) is 0 Å². The minimum Gasteiger partial charge on any atom is -0.486 e. The summed E-state index contributed by atoms with van der Waals surface area (Å²) in [6.07, 6.45) is 1.98. The van der Waals surface area contributed by atoms with Crippen LogP contribution in [0.4, 0.5) is 11.4 Å². The van der Waals surface area contributed by atoms with E-state index in [1.807, 2.05) is 43.3 Å². The largest absolute Gasteiger partial charge is 0.486 e. The van der Waals surface area contributed by atoms with E-state index in [1.165, 1.54) is 0 Å². The Morgan fingerprint density at radius 3 is 2.69 bits per heavy atom. The second-order valence-corrected chi connectivity index (χ2v) is 9.18. The fourth-order valence-corrected chi connectivity index (χ4v) is 5.05. The third kappa shape index (κ3) is 3.32. The van der Waals surface area contributed by atoms with Gasteiger partial charge in [0, 0.05) is 6.04 Å². The van der Waals surface area contributed by atoms with Gasteiger partial charge in [0.1, 0.15) is 18.8 Å². The maximum Gasteiger partial charge on any atom is 0.250 e. The Kier molecular flexibility index (Phi) is 5.08. The monoisotopic (exact) mass is 435 g/mol. The maximum atomic E-state index is 13.9. The first-order valence-electron chi connectivity index (χ1n) is 11.3. The van der Waals surface area contributed by atoms with Crippen LogP contribution in [0.1, 0.15) is 45.2 Å². The Labute approximate surface area is 188 Å². The zero-order valence-corrected chi connectivity index (χ0v) is 18.8. The Bertz CT molecular complexity index is 1070. The molecule has 1 N–H and O–H groups in total. The number of carbonyl (C=O) groups is 2. The molecule has 2 atom stereocenters. The van der Waals surface area contributed by atoms with Crippen molar-refractivity contribution in [1.29, 1.82) is 0 Å². The average molecular weight is 436 g/mol. The average Bonchev–Trinajstić information content (AvgIpc) is 3.28.